The molecule has 0 atom stereocenters. The molecule has 10 heteroatoms. The van der Waals surface area contributed by atoms with Gasteiger partial charge < -0.3 is 4.57 Å². The van der Waals surface area contributed by atoms with E-state index >= 15 is 0 Å². The second-order valence-electron chi connectivity index (χ2n) is 5.73. The fourth-order valence-corrected chi connectivity index (χ4v) is 3.66. The number of hydrogen-bond acceptors (Lipinski definition) is 5. The molecule has 0 aliphatic carbocycles. The third kappa shape index (κ3) is 3.41. The quantitative estimate of drug-likeness (QED) is 0.691. The Morgan fingerprint density at radius 1 is 1.23 bits per heavy atom. The lowest BCUT2D eigenvalue weighted by atomic mass is 10.2. The number of fused-ring (bicyclic) bond motifs is 1. The lowest BCUT2D eigenvalue weighted by Gasteiger charge is -2.08. The fourth-order valence-electron chi connectivity index (χ4n) is 2.62. The topological polar surface area (TPSA) is 77.7 Å². The highest BCUT2D eigenvalue weighted by molar-refractivity contribution is 7.91. The van der Waals surface area contributed by atoms with Crippen molar-refractivity contribution in [2.24, 2.45) is 7.05 Å². The summed E-state index contributed by atoms with van der Waals surface area (Å²) in [6, 6.07) is 4.24. The largest absolute Gasteiger partial charge is 0.393 e. The molecule has 0 N–H and O–H groups in total. The van der Waals surface area contributed by atoms with Crippen molar-refractivity contribution < 1.29 is 21.6 Å². The number of sulfone groups is 1. The van der Waals surface area contributed by atoms with E-state index in [2.05, 4.69) is 15.0 Å². The molecule has 0 aromatic carbocycles. The zero-order chi connectivity index (χ0) is 19.1. The number of halogens is 3. The number of aryl methyl sites for hydroxylation is 1. The van der Waals surface area contributed by atoms with Crippen LogP contribution in [0.1, 0.15) is 12.5 Å². The Morgan fingerprint density at radius 2 is 1.96 bits per heavy atom. The van der Waals surface area contributed by atoms with Gasteiger partial charge in [0.15, 0.2) is 21.3 Å². The molecule has 0 saturated heterocycles. The molecule has 0 aliphatic rings. The van der Waals surface area contributed by atoms with Gasteiger partial charge in [0.25, 0.3) is 0 Å². The van der Waals surface area contributed by atoms with Crippen molar-refractivity contribution in [2.75, 3.05) is 5.75 Å². The molecule has 0 fully saturated rings. The molecule has 0 unspecified atom stereocenters. The van der Waals surface area contributed by atoms with Gasteiger partial charge in [0.1, 0.15) is 11.2 Å². The number of pyridine rings is 2. The fraction of sp³-hybridized carbons (Fsp3) is 0.312. The number of alkyl halides is 3. The number of nitrogens with zero attached hydrogens (tertiary/aromatic N) is 4. The summed E-state index contributed by atoms with van der Waals surface area (Å²) in [5, 5.41) is 0. The highest BCUT2D eigenvalue weighted by atomic mass is 32.2. The van der Waals surface area contributed by atoms with Crippen molar-refractivity contribution in [3.63, 3.8) is 0 Å². The molecule has 6 nitrogen and oxygen atoms in total. The van der Waals surface area contributed by atoms with E-state index in [1.54, 1.807) is 7.05 Å². The third-order valence-electron chi connectivity index (χ3n) is 3.87. The van der Waals surface area contributed by atoms with Crippen LogP contribution in [0.3, 0.4) is 0 Å². The highest BCUT2D eigenvalue weighted by Crippen LogP contribution is 2.28. The Balaban J connectivity index is 2.17. The minimum Gasteiger partial charge on any atom is -0.310 e. The zero-order valence-electron chi connectivity index (χ0n) is 13.9. The van der Waals surface area contributed by atoms with Crippen LogP contribution < -0.4 is 0 Å². The first-order valence-electron chi connectivity index (χ1n) is 7.68. The Morgan fingerprint density at radius 3 is 2.62 bits per heavy atom. The monoisotopic (exact) mass is 384 g/mol. The summed E-state index contributed by atoms with van der Waals surface area (Å²) in [5.41, 5.74) is 0.718. The van der Waals surface area contributed by atoms with Gasteiger partial charge in [-0.05, 0) is 23.8 Å². The van der Waals surface area contributed by atoms with Crippen LogP contribution in [0.15, 0.2) is 35.5 Å². The second-order valence-corrected chi connectivity index (χ2v) is 7.97. The highest BCUT2D eigenvalue weighted by Gasteiger charge is 2.28. The molecule has 0 amide bonds. The molecule has 3 heterocycles. The third-order valence-corrected chi connectivity index (χ3v) is 5.63. The molecule has 0 radical (unpaired) electrons. The summed E-state index contributed by atoms with van der Waals surface area (Å²) in [4.78, 5) is 12.5. The van der Waals surface area contributed by atoms with Crippen molar-refractivity contribution >= 4 is 21.0 Å². The van der Waals surface area contributed by atoms with Gasteiger partial charge in [-0.2, -0.15) is 13.2 Å². The first-order valence-corrected chi connectivity index (χ1v) is 9.34. The number of hydrogen-bond donors (Lipinski definition) is 0. The van der Waals surface area contributed by atoms with E-state index in [-0.39, 0.29) is 33.2 Å². The van der Waals surface area contributed by atoms with Gasteiger partial charge in [-0.1, -0.05) is 6.92 Å². The van der Waals surface area contributed by atoms with Crippen molar-refractivity contribution in [3.8, 4) is 11.5 Å². The maximum absolute atomic E-state index is 12.6. The van der Waals surface area contributed by atoms with Crippen LogP contribution in [0, 0.1) is 0 Å². The van der Waals surface area contributed by atoms with Gasteiger partial charge in [0, 0.05) is 19.4 Å². The average Bonchev–Trinajstić information content (AvgIpc) is 2.89. The Bertz CT molecular complexity index is 1070. The van der Waals surface area contributed by atoms with Crippen LogP contribution in [0.2, 0.25) is 0 Å². The molecule has 0 aliphatic heterocycles. The molecule has 0 bridgehead atoms. The van der Waals surface area contributed by atoms with E-state index in [1.165, 1.54) is 35.9 Å². The second kappa shape index (κ2) is 6.35. The van der Waals surface area contributed by atoms with E-state index in [4.69, 9.17) is 0 Å². The molecule has 0 spiro atoms. The average molecular weight is 384 g/mol. The van der Waals surface area contributed by atoms with E-state index in [9.17, 15) is 21.6 Å². The van der Waals surface area contributed by atoms with Crippen molar-refractivity contribution in [2.45, 2.75) is 24.4 Å². The predicted molar refractivity (Wildman–Crippen MR) is 89.2 cm³/mol. The lowest BCUT2D eigenvalue weighted by molar-refractivity contribution is -0.127. The lowest BCUT2D eigenvalue weighted by Crippen LogP contribution is -2.11. The van der Waals surface area contributed by atoms with E-state index in [0.717, 1.165) is 6.20 Å². The summed E-state index contributed by atoms with van der Waals surface area (Å²) >= 11 is 0. The smallest absolute Gasteiger partial charge is 0.310 e. The van der Waals surface area contributed by atoms with Crippen LogP contribution >= 0.6 is 0 Å². The SMILES string of the molecule is CCS(=O)(=O)c1cccnc1-c1nc2cc(CC(F)(F)F)cnc2n1C. The van der Waals surface area contributed by atoms with Crippen LogP contribution in [0.5, 0.6) is 0 Å². The van der Waals surface area contributed by atoms with Crippen LogP contribution in [-0.2, 0) is 23.3 Å². The first-order chi connectivity index (χ1) is 12.1. The van der Waals surface area contributed by atoms with Gasteiger partial charge in [0.2, 0.25) is 0 Å². The van der Waals surface area contributed by atoms with E-state index in [0.29, 0.717) is 5.65 Å². The maximum Gasteiger partial charge on any atom is 0.393 e. The van der Waals surface area contributed by atoms with Gasteiger partial charge in [-0.3, -0.25) is 4.98 Å². The molecular weight excluding hydrogens is 369 g/mol. The number of aromatic nitrogens is 4. The molecular formula is C16H15F3N4O2S. The molecule has 3 aromatic rings. The number of imidazole rings is 1. The van der Waals surface area contributed by atoms with E-state index in [1.807, 2.05) is 0 Å². The van der Waals surface area contributed by atoms with Gasteiger partial charge >= 0.3 is 6.18 Å². The predicted octanol–water partition coefficient (Wildman–Crippen LogP) is 2.93. The van der Waals surface area contributed by atoms with Crippen LogP contribution in [-0.4, -0.2) is 39.9 Å². The summed E-state index contributed by atoms with van der Waals surface area (Å²) in [6.07, 6.45) is -2.88. The van der Waals surface area contributed by atoms with E-state index < -0.39 is 22.4 Å². The summed E-state index contributed by atoms with van der Waals surface area (Å²) in [7, 11) is -1.94. The van der Waals surface area contributed by atoms with Gasteiger partial charge in [0.05, 0.1) is 17.1 Å². The summed E-state index contributed by atoms with van der Waals surface area (Å²) in [5.74, 6) is 0.119. The molecule has 26 heavy (non-hydrogen) atoms. The zero-order valence-corrected chi connectivity index (χ0v) is 14.8. The molecule has 3 rings (SSSR count). The Kier molecular flexibility index (Phi) is 4.47. The van der Waals surface area contributed by atoms with Gasteiger partial charge in [-0.15, -0.1) is 0 Å². The molecule has 3 aromatic heterocycles. The van der Waals surface area contributed by atoms with Gasteiger partial charge in [-0.25, -0.2) is 18.4 Å². The normalized spacial score (nSPS) is 12.7. The minimum atomic E-state index is -4.35. The van der Waals surface area contributed by atoms with Crippen LogP contribution in [0.25, 0.3) is 22.7 Å². The summed E-state index contributed by atoms with van der Waals surface area (Å²) < 4.78 is 63.9. The Hall–Kier alpha value is -2.49. The maximum atomic E-state index is 12.6. The number of rotatable bonds is 4. The summed E-state index contributed by atoms with van der Waals surface area (Å²) in [6.45, 7) is 1.52. The van der Waals surface area contributed by atoms with Crippen molar-refractivity contribution in [1.29, 1.82) is 0 Å². The molecule has 0 saturated carbocycles. The van der Waals surface area contributed by atoms with Crippen molar-refractivity contribution in [3.05, 3.63) is 36.2 Å². The molecule has 138 valence electrons. The standard InChI is InChI=1S/C16H15F3N4O2S/c1-3-26(24,25)12-5-4-6-20-13(12)15-22-11-7-10(8-16(17,18)19)9-21-14(11)23(15)2/h4-7,9H,3,8H2,1-2H3. The minimum absolute atomic E-state index is 0.0166. The van der Waals surface area contributed by atoms with Crippen molar-refractivity contribution in [1.82, 2.24) is 19.5 Å². The first kappa shape index (κ1) is 18.3. The van der Waals surface area contributed by atoms with Crippen LogP contribution in [0.4, 0.5) is 13.2 Å². The Labute approximate surface area is 147 Å².